The molecule has 1 N–H and O–H groups in total. The van der Waals surface area contributed by atoms with E-state index in [1.165, 1.54) is 0 Å². The second-order valence-electron chi connectivity index (χ2n) is 2.86. The molecule has 2 aromatic rings. The molecule has 0 radical (unpaired) electrons. The average molecular weight is 376 g/mol. The van der Waals surface area contributed by atoms with Gasteiger partial charge in [-0.3, -0.25) is 0 Å². The van der Waals surface area contributed by atoms with Gasteiger partial charge in [-0.05, 0) is 40.8 Å². The summed E-state index contributed by atoms with van der Waals surface area (Å²) in [4.78, 5) is 8.32. The molecule has 0 aliphatic carbocycles. The number of nitrogens with zero attached hydrogens (tertiary/aromatic N) is 2. The Kier molecular flexibility index (Phi) is 3.53. The smallest absolute Gasteiger partial charge is 0.227 e. The molecule has 1 aromatic heterocycles. The number of anilines is 2. The maximum Gasteiger partial charge on any atom is 0.227 e. The molecule has 0 aliphatic rings. The van der Waals surface area contributed by atoms with Gasteiger partial charge in [0.05, 0.1) is 0 Å². The molecule has 1 heterocycles. The van der Waals surface area contributed by atoms with Crippen LogP contribution in [0.5, 0.6) is 0 Å². The molecule has 15 heavy (non-hydrogen) atoms. The molecular weight excluding hydrogens is 369 g/mol. The van der Waals surface area contributed by atoms with Gasteiger partial charge in [0.1, 0.15) is 0 Å². The molecule has 1 aromatic carbocycles. The van der Waals surface area contributed by atoms with E-state index in [-0.39, 0.29) is 0 Å². The molecule has 0 bridgehead atoms. The average Bonchev–Trinajstić information content (AvgIpc) is 2.22. The first-order chi connectivity index (χ1) is 7.24. The molecular formula is C10H7BrIN3. The largest absolute Gasteiger partial charge is 0.324 e. The lowest BCUT2D eigenvalue weighted by atomic mass is 10.3. The first kappa shape index (κ1) is 10.8. The Morgan fingerprint density at radius 2 is 1.93 bits per heavy atom. The van der Waals surface area contributed by atoms with E-state index in [1.54, 1.807) is 12.4 Å². The van der Waals surface area contributed by atoms with Crippen molar-refractivity contribution in [3.63, 3.8) is 0 Å². The Hall–Kier alpha value is -0.690. The van der Waals surface area contributed by atoms with Crippen molar-refractivity contribution in [2.24, 2.45) is 0 Å². The monoisotopic (exact) mass is 375 g/mol. The van der Waals surface area contributed by atoms with E-state index in [1.807, 2.05) is 24.3 Å². The Labute approximate surface area is 110 Å². The van der Waals surface area contributed by atoms with E-state index in [4.69, 9.17) is 0 Å². The van der Waals surface area contributed by atoms with Crippen molar-refractivity contribution in [3.05, 3.63) is 44.7 Å². The summed E-state index contributed by atoms with van der Waals surface area (Å²) in [5.74, 6) is 0.605. The summed E-state index contributed by atoms with van der Waals surface area (Å²) >= 11 is 5.58. The van der Waals surface area contributed by atoms with Crippen molar-refractivity contribution >= 4 is 50.2 Å². The van der Waals surface area contributed by atoms with Gasteiger partial charge in [0.2, 0.25) is 5.95 Å². The van der Waals surface area contributed by atoms with Gasteiger partial charge >= 0.3 is 0 Å². The van der Waals surface area contributed by atoms with Gasteiger partial charge in [-0.2, -0.15) is 0 Å². The zero-order valence-corrected chi connectivity index (χ0v) is 11.4. The van der Waals surface area contributed by atoms with Crippen molar-refractivity contribution in [3.8, 4) is 0 Å². The maximum atomic E-state index is 4.16. The summed E-state index contributed by atoms with van der Waals surface area (Å²) in [5, 5.41) is 3.12. The molecule has 0 saturated heterocycles. The van der Waals surface area contributed by atoms with Crippen LogP contribution in [0.4, 0.5) is 11.6 Å². The normalized spacial score (nSPS) is 10.0. The highest BCUT2D eigenvalue weighted by atomic mass is 127. The van der Waals surface area contributed by atoms with E-state index in [2.05, 4.69) is 53.8 Å². The van der Waals surface area contributed by atoms with E-state index < -0.39 is 0 Å². The molecule has 0 atom stereocenters. The van der Waals surface area contributed by atoms with Crippen LogP contribution in [-0.4, -0.2) is 9.97 Å². The lowest BCUT2D eigenvalue weighted by molar-refractivity contribution is 1.15. The zero-order chi connectivity index (χ0) is 10.7. The van der Waals surface area contributed by atoms with Gasteiger partial charge in [0.25, 0.3) is 0 Å². The van der Waals surface area contributed by atoms with Gasteiger partial charge in [-0.1, -0.05) is 22.0 Å². The van der Waals surface area contributed by atoms with Crippen LogP contribution in [0.15, 0.2) is 41.1 Å². The number of aromatic nitrogens is 2. The summed E-state index contributed by atoms with van der Waals surface area (Å²) in [6.07, 6.45) is 3.54. The maximum absolute atomic E-state index is 4.16. The molecule has 0 unspecified atom stereocenters. The summed E-state index contributed by atoms with van der Waals surface area (Å²) in [7, 11) is 0. The number of nitrogens with one attached hydrogen (secondary N) is 1. The van der Waals surface area contributed by atoms with Gasteiger partial charge in [0, 0.05) is 26.1 Å². The predicted molar refractivity (Wildman–Crippen MR) is 72.2 cm³/mol. The van der Waals surface area contributed by atoms with Gasteiger partial charge in [-0.15, -0.1) is 0 Å². The van der Waals surface area contributed by atoms with E-state index in [0.29, 0.717) is 5.95 Å². The minimum atomic E-state index is 0.605. The first-order valence-electron chi connectivity index (χ1n) is 4.24. The summed E-state index contributed by atoms with van der Waals surface area (Å²) in [6.45, 7) is 0. The predicted octanol–water partition coefficient (Wildman–Crippen LogP) is 3.59. The van der Waals surface area contributed by atoms with Crippen LogP contribution in [0.1, 0.15) is 0 Å². The van der Waals surface area contributed by atoms with E-state index >= 15 is 0 Å². The number of halogens is 2. The standard InChI is InChI=1S/C10H7BrIN3/c11-7-2-1-3-9(4-7)15-10-13-5-8(12)6-14-10/h1-6H,(H,13,14,15). The Bertz CT molecular complexity index is 458. The fraction of sp³-hybridized carbons (Fsp3) is 0. The second kappa shape index (κ2) is 4.89. The molecule has 5 heteroatoms. The third-order valence-corrected chi connectivity index (χ3v) is 2.75. The van der Waals surface area contributed by atoms with Crippen LogP contribution in [0.2, 0.25) is 0 Å². The third-order valence-electron chi connectivity index (χ3n) is 1.70. The minimum absolute atomic E-state index is 0.605. The molecule has 0 aliphatic heterocycles. The van der Waals surface area contributed by atoms with Gasteiger partial charge < -0.3 is 5.32 Å². The van der Waals surface area contributed by atoms with Crippen molar-refractivity contribution < 1.29 is 0 Å². The number of benzene rings is 1. The highest BCUT2D eigenvalue weighted by Crippen LogP contribution is 2.18. The van der Waals surface area contributed by atoms with Crippen LogP contribution in [0.3, 0.4) is 0 Å². The van der Waals surface area contributed by atoms with Crippen LogP contribution in [0, 0.1) is 3.57 Å². The third kappa shape index (κ3) is 3.13. The van der Waals surface area contributed by atoms with Gasteiger partial charge in [-0.25, -0.2) is 9.97 Å². The first-order valence-corrected chi connectivity index (χ1v) is 6.11. The summed E-state index contributed by atoms with van der Waals surface area (Å²) in [5.41, 5.74) is 0.964. The highest BCUT2D eigenvalue weighted by molar-refractivity contribution is 14.1. The van der Waals surface area contributed by atoms with Gasteiger partial charge in [0.15, 0.2) is 0 Å². The second-order valence-corrected chi connectivity index (χ2v) is 5.02. The quantitative estimate of drug-likeness (QED) is 0.815. The van der Waals surface area contributed by atoms with Crippen LogP contribution in [0.25, 0.3) is 0 Å². The van der Waals surface area contributed by atoms with E-state index in [0.717, 1.165) is 13.7 Å². The molecule has 3 nitrogen and oxygen atoms in total. The number of rotatable bonds is 2. The highest BCUT2D eigenvalue weighted by Gasteiger charge is 1.97. The number of hydrogen-bond acceptors (Lipinski definition) is 3. The number of hydrogen-bond donors (Lipinski definition) is 1. The minimum Gasteiger partial charge on any atom is -0.324 e. The molecule has 76 valence electrons. The van der Waals surface area contributed by atoms with Crippen molar-refractivity contribution in [1.29, 1.82) is 0 Å². The Balaban J connectivity index is 2.18. The Morgan fingerprint density at radius 3 is 2.60 bits per heavy atom. The van der Waals surface area contributed by atoms with Crippen LogP contribution >= 0.6 is 38.5 Å². The lowest BCUT2D eigenvalue weighted by Crippen LogP contribution is -1.96. The summed E-state index contributed by atoms with van der Waals surface area (Å²) in [6, 6.07) is 7.87. The topological polar surface area (TPSA) is 37.8 Å². The van der Waals surface area contributed by atoms with Crippen molar-refractivity contribution in [1.82, 2.24) is 9.97 Å². The van der Waals surface area contributed by atoms with Crippen LogP contribution < -0.4 is 5.32 Å². The molecule has 0 amide bonds. The fourth-order valence-electron chi connectivity index (χ4n) is 1.07. The lowest BCUT2D eigenvalue weighted by Gasteiger charge is -2.04. The molecule has 0 fully saturated rings. The SMILES string of the molecule is Brc1cccc(Nc2ncc(I)cn2)c1. The fourth-order valence-corrected chi connectivity index (χ4v) is 1.75. The van der Waals surface area contributed by atoms with E-state index in [9.17, 15) is 0 Å². The summed E-state index contributed by atoms with van der Waals surface area (Å²) < 4.78 is 2.05. The van der Waals surface area contributed by atoms with Crippen molar-refractivity contribution in [2.45, 2.75) is 0 Å². The molecule has 0 saturated carbocycles. The van der Waals surface area contributed by atoms with Crippen molar-refractivity contribution in [2.75, 3.05) is 5.32 Å². The van der Waals surface area contributed by atoms with Crippen LogP contribution in [-0.2, 0) is 0 Å². The Morgan fingerprint density at radius 1 is 1.20 bits per heavy atom. The molecule has 0 spiro atoms. The zero-order valence-electron chi connectivity index (χ0n) is 7.61. The molecule has 2 rings (SSSR count).